The molecule has 53 heavy (non-hydrogen) atoms. The number of carbonyl (C=O) groups excluding carboxylic acids is 4. The summed E-state index contributed by atoms with van der Waals surface area (Å²) in [5.74, 6) is -2.76. The summed E-state index contributed by atoms with van der Waals surface area (Å²) in [6.07, 6.45) is 1.67. The zero-order valence-corrected chi connectivity index (χ0v) is 30.9. The normalized spacial score (nSPS) is 23.1. The van der Waals surface area contributed by atoms with Gasteiger partial charge in [-0.2, -0.15) is 0 Å². The molecule has 282 valence electrons. The summed E-state index contributed by atoms with van der Waals surface area (Å²) in [5.41, 5.74) is -0.462. The van der Waals surface area contributed by atoms with Crippen LogP contribution in [0.1, 0.15) is 46.5 Å². The highest BCUT2D eigenvalue weighted by atomic mass is 32.2. The summed E-state index contributed by atoms with van der Waals surface area (Å²) in [6, 6.07) is 14.2. The number of benzene rings is 2. The lowest BCUT2D eigenvalue weighted by atomic mass is 9.85. The Bertz CT molecular complexity index is 2050. The number of carbonyl (C=O) groups is 4. The fourth-order valence-electron chi connectivity index (χ4n) is 6.75. The van der Waals surface area contributed by atoms with Gasteiger partial charge in [-0.1, -0.05) is 57.2 Å². The zero-order valence-electron chi connectivity index (χ0n) is 30.1. The predicted molar refractivity (Wildman–Crippen MR) is 195 cm³/mol. The van der Waals surface area contributed by atoms with Crippen LogP contribution in [-0.2, 0) is 29.2 Å². The van der Waals surface area contributed by atoms with Crippen molar-refractivity contribution in [2.24, 2.45) is 11.3 Å². The third-order valence-corrected chi connectivity index (χ3v) is 11.8. The number of alkyl halides is 1. The first-order valence-corrected chi connectivity index (χ1v) is 19.0. The van der Waals surface area contributed by atoms with E-state index in [0.29, 0.717) is 40.9 Å². The SMILES string of the molecule is C=C[C@@H]1C[C@]1(NC(=O)[C@@H]1C[C@@H](Oc2cc(-c3ccccc3)nc3cc(OC)ccc23)CN1C(=O)[C@@H](NC(=O)CF)C(C)(C)C)C(=O)NS(=O)(=O)C1CC1. The van der Waals surface area contributed by atoms with Gasteiger partial charge in [0.1, 0.15) is 35.2 Å². The Hall–Kier alpha value is -5.05. The first-order chi connectivity index (χ1) is 25.1. The van der Waals surface area contributed by atoms with Crippen LogP contribution in [0.4, 0.5) is 4.39 Å². The van der Waals surface area contributed by atoms with E-state index in [1.165, 1.54) is 11.0 Å². The largest absolute Gasteiger partial charge is 0.497 e. The smallest absolute Gasteiger partial charge is 0.259 e. The van der Waals surface area contributed by atoms with Crippen molar-refractivity contribution in [1.29, 1.82) is 0 Å². The second kappa shape index (κ2) is 14.4. The van der Waals surface area contributed by atoms with E-state index in [2.05, 4.69) is 21.9 Å². The number of methoxy groups -OCH3 is 1. The lowest BCUT2D eigenvalue weighted by Crippen LogP contribution is -2.60. The quantitative estimate of drug-likeness (QED) is 0.222. The second-order valence-electron chi connectivity index (χ2n) is 14.9. The Labute approximate surface area is 307 Å². The first kappa shape index (κ1) is 37.7. The van der Waals surface area contributed by atoms with Gasteiger partial charge in [-0.05, 0) is 36.8 Å². The number of sulfonamides is 1. The highest BCUT2D eigenvalue weighted by molar-refractivity contribution is 7.91. The van der Waals surface area contributed by atoms with Gasteiger partial charge in [-0.15, -0.1) is 6.58 Å². The summed E-state index contributed by atoms with van der Waals surface area (Å²) in [4.78, 5) is 60.4. The molecule has 1 saturated heterocycles. The second-order valence-corrected chi connectivity index (χ2v) is 16.9. The molecule has 13 nitrogen and oxygen atoms in total. The van der Waals surface area contributed by atoms with E-state index in [1.807, 2.05) is 30.3 Å². The molecule has 15 heteroatoms. The number of likely N-dealkylation sites (tertiary alicyclic amines) is 1. The van der Waals surface area contributed by atoms with Crippen LogP contribution in [0.3, 0.4) is 0 Å². The van der Waals surface area contributed by atoms with Gasteiger partial charge >= 0.3 is 0 Å². The fourth-order valence-corrected chi connectivity index (χ4v) is 8.11. The average Bonchev–Trinajstić information content (AvgIpc) is 4.06. The number of aromatic nitrogens is 1. The molecule has 1 aromatic heterocycles. The van der Waals surface area contributed by atoms with Crippen LogP contribution in [0.15, 0.2) is 67.3 Å². The maximum absolute atomic E-state index is 14.3. The van der Waals surface area contributed by atoms with E-state index in [9.17, 15) is 32.0 Å². The van der Waals surface area contributed by atoms with E-state index in [1.54, 1.807) is 52.1 Å². The molecule has 4 amide bonds. The molecule has 6 rings (SSSR count). The average molecular weight is 750 g/mol. The van der Waals surface area contributed by atoms with Gasteiger partial charge in [0.2, 0.25) is 21.8 Å². The summed E-state index contributed by atoms with van der Waals surface area (Å²) >= 11 is 0. The Kier molecular flexibility index (Phi) is 10.2. The molecule has 2 aromatic carbocycles. The van der Waals surface area contributed by atoms with Crippen LogP contribution in [0.25, 0.3) is 22.2 Å². The number of rotatable bonds is 13. The van der Waals surface area contributed by atoms with Crippen molar-refractivity contribution in [2.75, 3.05) is 20.3 Å². The minimum absolute atomic E-state index is 0.0248. The van der Waals surface area contributed by atoms with E-state index in [-0.39, 0.29) is 19.4 Å². The summed E-state index contributed by atoms with van der Waals surface area (Å²) in [6.45, 7) is 7.42. The van der Waals surface area contributed by atoms with Crippen molar-refractivity contribution in [2.45, 2.75) is 75.4 Å². The minimum atomic E-state index is -3.92. The van der Waals surface area contributed by atoms with E-state index < -0.39 is 80.6 Å². The van der Waals surface area contributed by atoms with Crippen LogP contribution >= 0.6 is 0 Å². The van der Waals surface area contributed by atoms with Crippen molar-refractivity contribution < 1.29 is 41.5 Å². The van der Waals surface area contributed by atoms with Crippen molar-refractivity contribution >= 4 is 44.6 Å². The Morgan fingerprint density at radius 1 is 1.11 bits per heavy atom. The first-order valence-electron chi connectivity index (χ1n) is 17.5. The molecule has 2 aliphatic carbocycles. The van der Waals surface area contributed by atoms with Crippen LogP contribution in [0.2, 0.25) is 0 Å². The standard InChI is InChI=1S/C38H44FN5O8S/c1-6-23-19-38(23,36(48)43-53(49,50)26-13-14-26)42-34(46)30-17-25(21-44(30)35(47)33(37(2,3)4)41-32(45)20-39)52-31-18-28(22-10-8-7-9-11-22)40-29-16-24(51-5)12-15-27(29)31/h6-12,15-16,18,23,25-26,30,33H,1,13-14,17,19-21H2,2-5H3,(H,41,45)(H,42,46)(H,43,48)/t23-,25-,30+,33-,38-/m1/s1. The highest BCUT2D eigenvalue weighted by Gasteiger charge is 2.62. The molecule has 2 heterocycles. The van der Waals surface area contributed by atoms with Crippen LogP contribution in [0, 0.1) is 11.3 Å². The molecular formula is C38H44FN5O8S. The molecular weight excluding hydrogens is 706 g/mol. The Morgan fingerprint density at radius 3 is 2.43 bits per heavy atom. The number of hydrogen-bond donors (Lipinski definition) is 3. The molecule has 3 aliphatic rings. The molecule has 2 saturated carbocycles. The third kappa shape index (κ3) is 7.85. The van der Waals surface area contributed by atoms with Crippen LogP contribution in [-0.4, -0.2) is 91.2 Å². The van der Waals surface area contributed by atoms with Crippen molar-refractivity contribution in [3.05, 3.63) is 67.3 Å². The molecule has 5 atom stereocenters. The molecule has 0 radical (unpaired) electrons. The van der Waals surface area contributed by atoms with Gasteiger partial charge in [0.25, 0.3) is 11.8 Å². The van der Waals surface area contributed by atoms with Crippen molar-refractivity contribution in [3.8, 4) is 22.8 Å². The number of fused-ring (bicyclic) bond motifs is 1. The van der Waals surface area contributed by atoms with Crippen molar-refractivity contribution in [3.63, 3.8) is 0 Å². The van der Waals surface area contributed by atoms with Crippen molar-refractivity contribution in [1.82, 2.24) is 25.2 Å². The lowest BCUT2D eigenvalue weighted by Gasteiger charge is -2.35. The molecule has 0 spiro atoms. The fraction of sp³-hybridized carbons (Fsp3) is 0.447. The lowest BCUT2D eigenvalue weighted by molar-refractivity contribution is -0.144. The minimum Gasteiger partial charge on any atom is -0.497 e. The van der Waals surface area contributed by atoms with Gasteiger partial charge in [-0.25, -0.2) is 17.8 Å². The topological polar surface area (TPSA) is 173 Å². The van der Waals surface area contributed by atoms with E-state index in [4.69, 9.17) is 14.5 Å². The number of pyridine rings is 1. The number of halogens is 1. The number of ether oxygens (including phenoxy) is 2. The molecule has 1 aliphatic heterocycles. The van der Waals surface area contributed by atoms with Gasteiger partial charge in [0.15, 0.2) is 6.67 Å². The summed E-state index contributed by atoms with van der Waals surface area (Å²) in [5, 5.41) is 5.21. The van der Waals surface area contributed by atoms with Gasteiger partial charge in [-0.3, -0.25) is 23.9 Å². The number of hydrogen-bond acceptors (Lipinski definition) is 9. The van der Waals surface area contributed by atoms with Gasteiger partial charge in [0.05, 0.1) is 30.1 Å². The number of nitrogens with zero attached hydrogens (tertiary/aromatic N) is 2. The summed E-state index contributed by atoms with van der Waals surface area (Å²) in [7, 11) is -2.37. The Morgan fingerprint density at radius 2 is 1.83 bits per heavy atom. The number of nitrogens with one attached hydrogen (secondary N) is 3. The summed E-state index contributed by atoms with van der Waals surface area (Å²) < 4.78 is 53.0. The number of amides is 4. The maximum atomic E-state index is 14.3. The van der Waals surface area contributed by atoms with E-state index >= 15 is 0 Å². The van der Waals surface area contributed by atoms with Gasteiger partial charge in [0, 0.05) is 35.4 Å². The zero-order chi connectivity index (χ0) is 38.3. The van der Waals surface area contributed by atoms with Gasteiger partial charge < -0.3 is 25.0 Å². The molecule has 0 bridgehead atoms. The molecule has 3 fully saturated rings. The van der Waals surface area contributed by atoms with E-state index in [0.717, 1.165) is 5.56 Å². The molecule has 3 aromatic rings. The Balaban J connectivity index is 1.34. The predicted octanol–water partition coefficient (Wildman–Crippen LogP) is 3.43. The molecule has 3 N–H and O–H groups in total. The van der Waals surface area contributed by atoms with Crippen LogP contribution < -0.4 is 24.8 Å². The monoisotopic (exact) mass is 749 g/mol. The van der Waals surface area contributed by atoms with Crippen LogP contribution in [0.5, 0.6) is 11.5 Å². The third-order valence-electron chi connectivity index (χ3n) is 9.98. The molecule has 0 unspecified atom stereocenters. The highest BCUT2D eigenvalue weighted by Crippen LogP contribution is 2.46. The maximum Gasteiger partial charge on any atom is 0.259 e.